The fourth-order valence-electron chi connectivity index (χ4n) is 3.64. The number of nitrogens with one attached hydrogen (secondary N) is 2. The molecule has 5 rings (SSSR count). The van der Waals surface area contributed by atoms with E-state index in [1.165, 1.54) is 18.1 Å². The van der Waals surface area contributed by atoms with E-state index in [0.717, 1.165) is 27.6 Å². The van der Waals surface area contributed by atoms with Crippen molar-refractivity contribution in [1.82, 2.24) is 19.6 Å². The second-order valence-electron chi connectivity index (χ2n) is 7.34. The van der Waals surface area contributed by atoms with Crippen LogP contribution in [0.3, 0.4) is 0 Å². The molecule has 9 nitrogen and oxygen atoms in total. The Morgan fingerprint density at radius 1 is 1.12 bits per heavy atom. The van der Waals surface area contributed by atoms with Crippen LogP contribution in [0.2, 0.25) is 0 Å². The molecule has 0 fully saturated rings. The number of benzene rings is 2. The lowest BCUT2D eigenvalue weighted by molar-refractivity contribution is 0.171. The standard InChI is InChI=1S/C23H22N6O3S/c1-3-16-14(2)26-22-24-13-25-29(22)21(16)33-20-7-5-4-6-17(20)28-23(30)27-15-8-9-18-19(12-15)32-11-10-31-18/h4-9,12-13H,3,10-11H2,1-2H3,(H2,27,28,30). The monoisotopic (exact) mass is 462 g/mol. The number of rotatable bonds is 5. The first-order valence-corrected chi connectivity index (χ1v) is 11.4. The number of aryl methyl sites for hydroxylation is 1. The molecule has 4 aromatic rings. The molecule has 10 heteroatoms. The second kappa shape index (κ2) is 8.99. The number of nitrogens with zero attached hydrogens (tertiary/aromatic N) is 4. The van der Waals surface area contributed by atoms with Crippen molar-refractivity contribution in [2.24, 2.45) is 0 Å². The highest BCUT2D eigenvalue weighted by atomic mass is 32.2. The molecule has 2 N–H and O–H groups in total. The van der Waals surface area contributed by atoms with E-state index in [2.05, 4.69) is 32.6 Å². The van der Waals surface area contributed by atoms with Crippen molar-refractivity contribution < 1.29 is 14.3 Å². The third-order valence-corrected chi connectivity index (χ3v) is 6.37. The maximum Gasteiger partial charge on any atom is 0.323 e. The third-order valence-electron chi connectivity index (χ3n) is 5.18. The molecule has 0 saturated heterocycles. The van der Waals surface area contributed by atoms with Gasteiger partial charge >= 0.3 is 6.03 Å². The van der Waals surface area contributed by atoms with E-state index in [4.69, 9.17) is 9.47 Å². The smallest absolute Gasteiger partial charge is 0.323 e. The van der Waals surface area contributed by atoms with Crippen LogP contribution in [0.5, 0.6) is 11.5 Å². The molecule has 0 bridgehead atoms. The quantitative estimate of drug-likeness (QED) is 0.419. The first kappa shape index (κ1) is 21.1. The van der Waals surface area contributed by atoms with Gasteiger partial charge in [-0.25, -0.2) is 9.78 Å². The number of aromatic nitrogens is 4. The molecule has 33 heavy (non-hydrogen) atoms. The number of hydrogen-bond acceptors (Lipinski definition) is 7. The minimum atomic E-state index is -0.354. The van der Waals surface area contributed by atoms with E-state index in [0.29, 0.717) is 41.9 Å². The summed E-state index contributed by atoms with van der Waals surface area (Å²) in [6, 6.07) is 12.6. The molecular formula is C23H22N6O3S. The first-order valence-electron chi connectivity index (χ1n) is 10.6. The minimum absolute atomic E-state index is 0.354. The summed E-state index contributed by atoms with van der Waals surface area (Å²) in [7, 11) is 0. The van der Waals surface area contributed by atoms with Crippen molar-refractivity contribution in [1.29, 1.82) is 0 Å². The molecule has 2 aromatic carbocycles. The van der Waals surface area contributed by atoms with Crippen molar-refractivity contribution >= 4 is 34.9 Å². The predicted octanol–water partition coefficient (Wildman–Crippen LogP) is 4.56. The zero-order chi connectivity index (χ0) is 22.8. The molecule has 0 atom stereocenters. The number of carbonyl (C=O) groups is 1. The van der Waals surface area contributed by atoms with Gasteiger partial charge in [0.2, 0.25) is 0 Å². The summed E-state index contributed by atoms with van der Waals surface area (Å²) >= 11 is 1.52. The van der Waals surface area contributed by atoms with Gasteiger partial charge in [0.15, 0.2) is 11.5 Å². The molecule has 0 radical (unpaired) electrons. The van der Waals surface area contributed by atoms with Gasteiger partial charge in [-0.15, -0.1) is 0 Å². The van der Waals surface area contributed by atoms with E-state index in [1.54, 1.807) is 22.7 Å². The molecular weight excluding hydrogens is 440 g/mol. The van der Waals surface area contributed by atoms with E-state index in [1.807, 2.05) is 31.2 Å². The summed E-state index contributed by atoms with van der Waals surface area (Å²) in [4.78, 5) is 22.4. The van der Waals surface area contributed by atoms with Crippen LogP contribution in [-0.2, 0) is 6.42 Å². The topological polar surface area (TPSA) is 103 Å². The average molecular weight is 463 g/mol. The number of fused-ring (bicyclic) bond motifs is 2. The zero-order valence-electron chi connectivity index (χ0n) is 18.2. The van der Waals surface area contributed by atoms with Crippen LogP contribution < -0.4 is 20.1 Å². The van der Waals surface area contributed by atoms with Gasteiger partial charge in [-0.05, 0) is 37.6 Å². The fraction of sp³-hybridized carbons (Fsp3) is 0.217. The van der Waals surface area contributed by atoms with Gasteiger partial charge < -0.3 is 20.1 Å². The van der Waals surface area contributed by atoms with Crippen LogP contribution in [-0.4, -0.2) is 38.8 Å². The number of ether oxygens (including phenoxy) is 2. The van der Waals surface area contributed by atoms with Crippen molar-refractivity contribution in [3.05, 3.63) is 60.0 Å². The Morgan fingerprint density at radius 2 is 1.94 bits per heavy atom. The van der Waals surface area contributed by atoms with Crippen molar-refractivity contribution in [2.45, 2.75) is 30.2 Å². The van der Waals surface area contributed by atoms with E-state index in [9.17, 15) is 4.79 Å². The summed E-state index contributed by atoms with van der Waals surface area (Å²) in [5, 5.41) is 11.1. The van der Waals surface area contributed by atoms with Crippen LogP contribution in [0.25, 0.3) is 5.78 Å². The van der Waals surface area contributed by atoms with Crippen LogP contribution in [0.1, 0.15) is 18.2 Å². The van der Waals surface area contributed by atoms with E-state index in [-0.39, 0.29) is 6.03 Å². The maximum absolute atomic E-state index is 12.8. The Balaban J connectivity index is 1.38. The molecule has 2 amide bonds. The minimum Gasteiger partial charge on any atom is -0.486 e. The summed E-state index contributed by atoms with van der Waals surface area (Å²) in [5.74, 6) is 1.84. The van der Waals surface area contributed by atoms with Gasteiger partial charge in [-0.2, -0.15) is 14.6 Å². The summed E-state index contributed by atoms with van der Waals surface area (Å²) in [5.41, 5.74) is 3.31. The molecule has 3 heterocycles. The Morgan fingerprint density at radius 3 is 2.79 bits per heavy atom. The lowest BCUT2D eigenvalue weighted by atomic mass is 10.2. The third kappa shape index (κ3) is 4.29. The largest absolute Gasteiger partial charge is 0.486 e. The lowest BCUT2D eigenvalue weighted by Crippen LogP contribution is -2.20. The average Bonchev–Trinajstić information content (AvgIpc) is 3.28. The Bertz CT molecular complexity index is 1340. The zero-order valence-corrected chi connectivity index (χ0v) is 19.0. The molecule has 168 valence electrons. The Hall–Kier alpha value is -3.79. The molecule has 1 aliphatic rings. The van der Waals surface area contributed by atoms with E-state index >= 15 is 0 Å². The van der Waals surface area contributed by atoms with Gasteiger partial charge in [0, 0.05) is 27.9 Å². The van der Waals surface area contributed by atoms with Gasteiger partial charge in [0.1, 0.15) is 24.6 Å². The number of anilines is 2. The number of para-hydroxylation sites is 1. The normalized spacial score (nSPS) is 12.5. The molecule has 1 aliphatic heterocycles. The van der Waals surface area contributed by atoms with Crippen molar-refractivity contribution in [3.8, 4) is 11.5 Å². The molecule has 0 spiro atoms. The van der Waals surface area contributed by atoms with Crippen LogP contribution in [0.4, 0.5) is 16.2 Å². The highest BCUT2D eigenvalue weighted by molar-refractivity contribution is 7.99. The molecule has 0 unspecified atom stereocenters. The highest BCUT2D eigenvalue weighted by Crippen LogP contribution is 2.36. The summed E-state index contributed by atoms with van der Waals surface area (Å²) in [6.45, 7) is 5.07. The maximum atomic E-state index is 12.8. The van der Waals surface area contributed by atoms with Gasteiger partial charge in [-0.1, -0.05) is 30.8 Å². The van der Waals surface area contributed by atoms with Crippen molar-refractivity contribution in [3.63, 3.8) is 0 Å². The van der Waals surface area contributed by atoms with Crippen LogP contribution in [0.15, 0.2) is 58.7 Å². The van der Waals surface area contributed by atoms with Gasteiger partial charge in [0.05, 0.1) is 5.69 Å². The summed E-state index contributed by atoms with van der Waals surface area (Å²) < 4.78 is 12.9. The molecule has 0 saturated carbocycles. The number of carbonyl (C=O) groups excluding carboxylic acids is 1. The van der Waals surface area contributed by atoms with Crippen LogP contribution in [0, 0.1) is 6.92 Å². The number of amides is 2. The first-order chi connectivity index (χ1) is 16.1. The van der Waals surface area contributed by atoms with Crippen LogP contribution >= 0.6 is 11.8 Å². The Kier molecular flexibility index (Phi) is 5.74. The molecule has 0 aliphatic carbocycles. The fourth-order valence-corrected chi connectivity index (χ4v) is 4.85. The predicted molar refractivity (Wildman–Crippen MR) is 126 cm³/mol. The van der Waals surface area contributed by atoms with Gasteiger partial charge in [0.25, 0.3) is 5.78 Å². The number of urea groups is 1. The Labute approximate surface area is 194 Å². The summed E-state index contributed by atoms with van der Waals surface area (Å²) in [6.07, 6.45) is 2.30. The molecule has 2 aromatic heterocycles. The second-order valence-corrected chi connectivity index (χ2v) is 8.37. The SMILES string of the molecule is CCc1c(C)nc2ncnn2c1Sc1ccccc1NC(=O)Nc1ccc2c(c1)OCCO2. The van der Waals surface area contributed by atoms with Gasteiger partial charge in [-0.3, -0.25) is 0 Å². The lowest BCUT2D eigenvalue weighted by Gasteiger charge is -2.19. The van der Waals surface area contributed by atoms with E-state index < -0.39 is 0 Å². The number of hydrogen-bond donors (Lipinski definition) is 2. The van der Waals surface area contributed by atoms with Crippen molar-refractivity contribution in [2.75, 3.05) is 23.8 Å². The highest BCUT2D eigenvalue weighted by Gasteiger charge is 2.17.